The van der Waals surface area contributed by atoms with E-state index in [1.54, 1.807) is 18.2 Å². The van der Waals surface area contributed by atoms with Gasteiger partial charge in [0.1, 0.15) is 23.9 Å². The largest absolute Gasteiger partial charge is 0.513 e. The number of carbonyl (C=O) groups excluding carboxylic acids is 1. The van der Waals surface area contributed by atoms with E-state index in [1.807, 2.05) is 6.92 Å². The van der Waals surface area contributed by atoms with Crippen molar-refractivity contribution < 1.29 is 23.4 Å². The van der Waals surface area contributed by atoms with Crippen LogP contribution in [0.3, 0.4) is 0 Å². The van der Waals surface area contributed by atoms with E-state index in [0.717, 1.165) is 5.56 Å². The first-order chi connectivity index (χ1) is 10.5. The molecular formula is C16H14ClFO4. The van der Waals surface area contributed by atoms with Gasteiger partial charge in [-0.1, -0.05) is 23.7 Å². The molecule has 2 aromatic rings. The maximum absolute atomic E-state index is 13.9. The van der Waals surface area contributed by atoms with Crippen molar-refractivity contribution in [2.24, 2.45) is 0 Å². The minimum absolute atomic E-state index is 0.0464. The van der Waals surface area contributed by atoms with Gasteiger partial charge < -0.3 is 14.2 Å². The first-order valence-electron chi connectivity index (χ1n) is 6.43. The molecule has 0 aliphatic heterocycles. The highest BCUT2D eigenvalue weighted by Crippen LogP contribution is 2.26. The van der Waals surface area contributed by atoms with E-state index >= 15 is 0 Å². The predicted molar refractivity (Wildman–Crippen MR) is 80.0 cm³/mol. The molecule has 2 aromatic carbocycles. The van der Waals surface area contributed by atoms with Crippen molar-refractivity contribution in [3.05, 3.63) is 58.4 Å². The van der Waals surface area contributed by atoms with E-state index in [2.05, 4.69) is 4.74 Å². The van der Waals surface area contributed by atoms with E-state index in [0.29, 0.717) is 10.8 Å². The summed E-state index contributed by atoms with van der Waals surface area (Å²) in [6.07, 6.45) is -0.926. The molecular weight excluding hydrogens is 311 g/mol. The SMILES string of the molecule is COC(=O)Oc1cccc(F)c1COc1ccc(C)c(Cl)c1. The topological polar surface area (TPSA) is 44.8 Å². The molecule has 0 amide bonds. The maximum Gasteiger partial charge on any atom is 0.513 e. The zero-order chi connectivity index (χ0) is 16.1. The lowest BCUT2D eigenvalue weighted by molar-refractivity contribution is 0.120. The Bertz CT molecular complexity index is 688. The molecule has 0 aliphatic rings. The number of halogens is 2. The zero-order valence-electron chi connectivity index (χ0n) is 12.1. The highest BCUT2D eigenvalue weighted by Gasteiger charge is 2.14. The molecule has 0 fully saturated rings. The summed E-state index contributed by atoms with van der Waals surface area (Å²) in [7, 11) is 1.17. The molecule has 0 spiro atoms. The monoisotopic (exact) mass is 324 g/mol. The molecule has 0 aromatic heterocycles. The van der Waals surface area contributed by atoms with Crippen LogP contribution >= 0.6 is 11.6 Å². The van der Waals surface area contributed by atoms with Crippen LogP contribution in [0.15, 0.2) is 36.4 Å². The molecule has 6 heteroatoms. The summed E-state index contributed by atoms with van der Waals surface area (Å²) >= 11 is 6.01. The molecule has 0 saturated carbocycles. The third kappa shape index (κ3) is 3.89. The quantitative estimate of drug-likeness (QED) is 0.613. The van der Waals surface area contributed by atoms with Crippen molar-refractivity contribution in [3.63, 3.8) is 0 Å². The Balaban J connectivity index is 2.17. The predicted octanol–water partition coefficient (Wildman–Crippen LogP) is 4.51. The molecule has 0 N–H and O–H groups in total. The standard InChI is InChI=1S/C16H14ClFO4/c1-10-6-7-11(8-13(10)17)21-9-12-14(18)4-3-5-15(12)22-16(19)20-2/h3-8H,9H2,1-2H3. The highest BCUT2D eigenvalue weighted by molar-refractivity contribution is 6.31. The van der Waals surface area contributed by atoms with Gasteiger partial charge in [-0.2, -0.15) is 0 Å². The molecule has 0 bridgehead atoms. The first-order valence-corrected chi connectivity index (χ1v) is 6.81. The van der Waals surface area contributed by atoms with E-state index in [-0.39, 0.29) is 17.9 Å². The Kier molecular flexibility index (Phi) is 5.22. The van der Waals surface area contributed by atoms with Gasteiger partial charge in [0.2, 0.25) is 0 Å². The van der Waals surface area contributed by atoms with E-state index in [4.69, 9.17) is 21.1 Å². The van der Waals surface area contributed by atoms with Gasteiger partial charge in [0.15, 0.2) is 0 Å². The maximum atomic E-state index is 13.9. The molecule has 0 unspecified atom stereocenters. The van der Waals surface area contributed by atoms with Gasteiger partial charge in [0.05, 0.1) is 12.7 Å². The Morgan fingerprint density at radius 2 is 2.05 bits per heavy atom. The van der Waals surface area contributed by atoms with Crippen molar-refractivity contribution in [2.45, 2.75) is 13.5 Å². The summed E-state index contributed by atoms with van der Waals surface area (Å²) in [6.45, 7) is 1.75. The van der Waals surface area contributed by atoms with Crippen molar-refractivity contribution in [1.82, 2.24) is 0 Å². The molecule has 116 valence electrons. The van der Waals surface area contributed by atoms with Gasteiger partial charge in [-0.15, -0.1) is 0 Å². The van der Waals surface area contributed by atoms with Crippen LogP contribution in [0.4, 0.5) is 9.18 Å². The van der Waals surface area contributed by atoms with Crippen LogP contribution in [0.5, 0.6) is 11.5 Å². The number of aryl methyl sites for hydroxylation is 1. The van der Waals surface area contributed by atoms with Gasteiger partial charge in [0.25, 0.3) is 0 Å². The molecule has 0 saturated heterocycles. The zero-order valence-corrected chi connectivity index (χ0v) is 12.8. The van der Waals surface area contributed by atoms with Gasteiger partial charge in [-0.3, -0.25) is 0 Å². The number of carbonyl (C=O) groups is 1. The molecule has 2 rings (SSSR count). The normalized spacial score (nSPS) is 10.2. The van der Waals surface area contributed by atoms with Crippen LogP contribution in [0.1, 0.15) is 11.1 Å². The molecule has 0 radical (unpaired) electrons. The summed E-state index contributed by atoms with van der Waals surface area (Å²) in [5.74, 6) is -0.00691. The average Bonchev–Trinajstić information content (AvgIpc) is 2.50. The molecule has 0 heterocycles. The van der Waals surface area contributed by atoms with E-state index < -0.39 is 12.0 Å². The highest BCUT2D eigenvalue weighted by atomic mass is 35.5. The Labute approximate surface area is 132 Å². The second-order valence-corrected chi connectivity index (χ2v) is 4.88. The Hall–Kier alpha value is -2.27. The van der Waals surface area contributed by atoms with Crippen molar-refractivity contribution in [1.29, 1.82) is 0 Å². The molecule has 4 nitrogen and oxygen atoms in total. The first kappa shape index (κ1) is 16.1. The summed E-state index contributed by atoms with van der Waals surface area (Å²) < 4.78 is 28.7. The second-order valence-electron chi connectivity index (χ2n) is 4.47. The smallest absolute Gasteiger partial charge is 0.489 e. The summed E-state index contributed by atoms with van der Waals surface area (Å²) in [5, 5.41) is 0.553. The Morgan fingerprint density at radius 3 is 2.73 bits per heavy atom. The third-order valence-corrected chi connectivity index (χ3v) is 3.37. The van der Waals surface area contributed by atoms with E-state index in [1.165, 1.54) is 25.3 Å². The molecule has 0 atom stereocenters. The lowest BCUT2D eigenvalue weighted by Crippen LogP contribution is -2.10. The van der Waals surface area contributed by atoms with Gasteiger partial charge in [0, 0.05) is 5.02 Å². The van der Waals surface area contributed by atoms with Crippen molar-refractivity contribution >= 4 is 17.8 Å². The van der Waals surface area contributed by atoms with E-state index in [9.17, 15) is 9.18 Å². The summed E-state index contributed by atoms with van der Waals surface area (Å²) in [4.78, 5) is 11.2. The van der Waals surface area contributed by atoms with Gasteiger partial charge >= 0.3 is 6.16 Å². The fraction of sp³-hybridized carbons (Fsp3) is 0.188. The van der Waals surface area contributed by atoms with Crippen LogP contribution < -0.4 is 9.47 Å². The summed E-state index contributed by atoms with van der Waals surface area (Å²) in [5.41, 5.74) is 1.03. The number of benzene rings is 2. The fourth-order valence-electron chi connectivity index (χ4n) is 1.72. The van der Waals surface area contributed by atoms with Crippen LogP contribution in [-0.4, -0.2) is 13.3 Å². The van der Waals surface area contributed by atoms with Crippen LogP contribution in [0.25, 0.3) is 0 Å². The van der Waals surface area contributed by atoms with Crippen LogP contribution in [-0.2, 0) is 11.3 Å². The fourth-order valence-corrected chi connectivity index (χ4v) is 1.90. The number of hydrogen-bond acceptors (Lipinski definition) is 4. The number of methoxy groups -OCH3 is 1. The lowest BCUT2D eigenvalue weighted by atomic mass is 10.2. The van der Waals surface area contributed by atoms with Crippen LogP contribution in [0, 0.1) is 12.7 Å². The van der Waals surface area contributed by atoms with Crippen LogP contribution in [0.2, 0.25) is 5.02 Å². The second kappa shape index (κ2) is 7.13. The Morgan fingerprint density at radius 1 is 1.27 bits per heavy atom. The minimum Gasteiger partial charge on any atom is -0.489 e. The van der Waals surface area contributed by atoms with Gasteiger partial charge in [-0.25, -0.2) is 9.18 Å². The average molecular weight is 325 g/mol. The van der Waals surface area contributed by atoms with Crippen molar-refractivity contribution in [3.8, 4) is 11.5 Å². The molecule has 0 aliphatic carbocycles. The minimum atomic E-state index is -0.926. The lowest BCUT2D eigenvalue weighted by Gasteiger charge is -2.12. The van der Waals surface area contributed by atoms with Crippen molar-refractivity contribution in [2.75, 3.05) is 7.11 Å². The van der Waals surface area contributed by atoms with Gasteiger partial charge in [-0.05, 0) is 36.8 Å². The number of rotatable bonds is 4. The number of ether oxygens (including phenoxy) is 3. The third-order valence-electron chi connectivity index (χ3n) is 2.96. The summed E-state index contributed by atoms with van der Waals surface area (Å²) in [6, 6.07) is 9.30. The molecule has 22 heavy (non-hydrogen) atoms. The number of hydrogen-bond donors (Lipinski definition) is 0.